The van der Waals surface area contributed by atoms with Crippen molar-refractivity contribution in [3.05, 3.63) is 29.8 Å². The Balaban J connectivity index is 2.02. The molecule has 5 heteroatoms. The van der Waals surface area contributed by atoms with Crippen molar-refractivity contribution in [1.29, 1.82) is 0 Å². The summed E-state index contributed by atoms with van der Waals surface area (Å²) in [4.78, 5) is 25.7. The minimum Gasteiger partial charge on any atom is -0.376 e. The summed E-state index contributed by atoms with van der Waals surface area (Å²) in [5, 5.41) is 3.04. The van der Waals surface area contributed by atoms with Crippen LogP contribution in [0.4, 0.5) is 5.69 Å². The van der Waals surface area contributed by atoms with E-state index in [1.54, 1.807) is 18.2 Å². The summed E-state index contributed by atoms with van der Waals surface area (Å²) in [5.74, 6) is -0.431. The Labute approximate surface area is 125 Å². The van der Waals surface area contributed by atoms with Crippen molar-refractivity contribution in [3.8, 4) is 0 Å². The molecule has 0 unspecified atom stereocenters. The number of amides is 2. The SMILES string of the molecule is C[C@@H]1CCC[C@@H](C)N1C(=O)CNc1ccccc1C(N)=O. The van der Waals surface area contributed by atoms with Crippen molar-refractivity contribution in [2.24, 2.45) is 5.73 Å². The predicted octanol–water partition coefficient (Wildman–Crippen LogP) is 1.99. The third-order valence-electron chi connectivity index (χ3n) is 4.10. The standard InChI is InChI=1S/C16H23N3O2/c1-11-6-5-7-12(2)19(11)15(20)10-18-14-9-4-3-8-13(14)16(17)21/h3-4,8-9,11-12,18H,5-7,10H2,1-2H3,(H2,17,21)/t11-,12-/m1/s1. The van der Waals surface area contributed by atoms with Gasteiger partial charge in [0.2, 0.25) is 5.91 Å². The molecule has 114 valence electrons. The maximum absolute atomic E-state index is 12.4. The number of para-hydroxylation sites is 1. The van der Waals surface area contributed by atoms with Gasteiger partial charge >= 0.3 is 0 Å². The van der Waals surface area contributed by atoms with E-state index in [9.17, 15) is 9.59 Å². The van der Waals surface area contributed by atoms with E-state index in [2.05, 4.69) is 19.2 Å². The molecule has 1 saturated heterocycles. The van der Waals surface area contributed by atoms with Crippen LogP contribution in [-0.2, 0) is 4.79 Å². The lowest BCUT2D eigenvalue weighted by atomic mass is 9.97. The molecule has 0 aromatic heterocycles. The number of nitrogens with zero attached hydrogens (tertiary/aromatic N) is 1. The molecule has 1 aliphatic rings. The molecule has 0 radical (unpaired) electrons. The van der Waals surface area contributed by atoms with Crippen LogP contribution in [0.3, 0.4) is 0 Å². The summed E-state index contributed by atoms with van der Waals surface area (Å²) in [6.45, 7) is 4.36. The van der Waals surface area contributed by atoms with Crippen LogP contribution in [0, 0.1) is 0 Å². The fourth-order valence-corrected chi connectivity index (χ4v) is 3.03. The van der Waals surface area contributed by atoms with Gasteiger partial charge in [-0.2, -0.15) is 0 Å². The van der Waals surface area contributed by atoms with Crippen LogP contribution >= 0.6 is 0 Å². The molecule has 5 nitrogen and oxygen atoms in total. The number of hydrogen-bond acceptors (Lipinski definition) is 3. The third-order valence-corrected chi connectivity index (χ3v) is 4.10. The van der Waals surface area contributed by atoms with Crippen molar-refractivity contribution < 1.29 is 9.59 Å². The van der Waals surface area contributed by atoms with Gasteiger partial charge in [0.25, 0.3) is 5.91 Å². The summed E-state index contributed by atoms with van der Waals surface area (Å²) in [6.07, 6.45) is 3.27. The third kappa shape index (κ3) is 3.54. The van der Waals surface area contributed by atoms with E-state index in [1.165, 1.54) is 6.42 Å². The molecule has 1 fully saturated rings. The smallest absolute Gasteiger partial charge is 0.250 e. The molecule has 2 rings (SSSR count). The van der Waals surface area contributed by atoms with Crippen molar-refractivity contribution in [2.45, 2.75) is 45.2 Å². The van der Waals surface area contributed by atoms with Crippen LogP contribution in [-0.4, -0.2) is 35.3 Å². The van der Waals surface area contributed by atoms with Gasteiger partial charge < -0.3 is 16.0 Å². The quantitative estimate of drug-likeness (QED) is 0.890. The first-order chi connectivity index (χ1) is 10.0. The van der Waals surface area contributed by atoms with Gasteiger partial charge in [0.1, 0.15) is 0 Å². The lowest BCUT2D eigenvalue weighted by Gasteiger charge is -2.39. The number of hydrogen-bond donors (Lipinski definition) is 2. The molecule has 0 aliphatic carbocycles. The average Bonchev–Trinajstić information content (AvgIpc) is 2.45. The number of rotatable bonds is 4. The van der Waals surface area contributed by atoms with E-state index in [1.807, 2.05) is 11.0 Å². The molecular formula is C16H23N3O2. The van der Waals surface area contributed by atoms with Crippen molar-refractivity contribution in [2.75, 3.05) is 11.9 Å². The summed E-state index contributed by atoms with van der Waals surface area (Å²) < 4.78 is 0. The first kappa shape index (κ1) is 15.4. The second-order valence-corrected chi connectivity index (χ2v) is 5.69. The zero-order valence-corrected chi connectivity index (χ0v) is 12.6. The van der Waals surface area contributed by atoms with Gasteiger partial charge in [0.15, 0.2) is 0 Å². The number of piperidine rings is 1. The molecule has 1 heterocycles. The maximum atomic E-state index is 12.4. The molecule has 0 spiro atoms. The number of carbonyl (C=O) groups is 2. The molecule has 3 N–H and O–H groups in total. The number of benzene rings is 1. The van der Waals surface area contributed by atoms with Crippen LogP contribution in [0.2, 0.25) is 0 Å². The highest BCUT2D eigenvalue weighted by molar-refractivity contribution is 5.99. The van der Waals surface area contributed by atoms with Gasteiger partial charge in [-0.15, -0.1) is 0 Å². The second-order valence-electron chi connectivity index (χ2n) is 5.69. The molecule has 1 aromatic carbocycles. The number of nitrogens with two attached hydrogens (primary N) is 1. The van der Waals surface area contributed by atoms with E-state index >= 15 is 0 Å². The number of nitrogens with one attached hydrogen (secondary N) is 1. The van der Waals surface area contributed by atoms with Crippen molar-refractivity contribution in [1.82, 2.24) is 4.90 Å². The largest absolute Gasteiger partial charge is 0.376 e. The first-order valence-corrected chi connectivity index (χ1v) is 7.44. The normalized spacial score (nSPS) is 21.9. The molecule has 2 amide bonds. The number of primary amides is 1. The van der Waals surface area contributed by atoms with Gasteiger partial charge in [-0.25, -0.2) is 0 Å². The van der Waals surface area contributed by atoms with Gasteiger partial charge in [0.05, 0.1) is 12.1 Å². The van der Waals surface area contributed by atoms with Crippen LogP contribution in [0.5, 0.6) is 0 Å². The summed E-state index contributed by atoms with van der Waals surface area (Å²) in [5.41, 5.74) is 6.35. The monoisotopic (exact) mass is 289 g/mol. The molecule has 1 aliphatic heterocycles. The summed E-state index contributed by atoms with van der Waals surface area (Å²) >= 11 is 0. The van der Waals surface area contributed by atoms with Crippen LogP contribution in [0.15, 0.2) is 24.3 Å². The van der Waals surface area contributed by atoms with E-state index in [0.717, 1.165) is 12.8 Å². The minimum atomic E-state index is -0.495. The van der Waals surface area contributed by atoms with Crippen LogP contribution < -0.4 is 11.1 Å². The lowest BCUT2D eigenvalue weighted by Crippen LogP contribution is -2.49. The Bertz CT molecular complexity index is 520. The minimum absolute atomic E-state index is 0.0639. The Hall–Kier alpha value is -2.04. The highest BCUT2D eigenvalue weighted by Gasteiger charge is 2.28. The maximum Gasteiger partial charge on any atom is 0.250 e. The zero-order valence-electron chi connectivity index (χ0n) is 12.6. The lowest BCUT2D eigenvalue weighted by molar-refractivity contribution is -0.135. The summed E-state index contributed by atoms with van der Waals surface area (Å²) in [6, 6.07) is 7.52. The van der Waals surface area contributed by atoms with Crippen molar-refractivity contribution in [3.63, 3.8) is 0 Å². The molecule has 1 aromatic rings. The van der Waals surface area contributed by atoms with E-state index in [4.69, 9.17) is 5.73 Å². The van der Waals surface area contributed by atoms with Gasteiger partial charge in [-0.05, 0) is 45.2 Å². The number of carbonyl (C=O) groups excluding carboxylic acids is 2. The van der Waals surface area contributed by atoms with Crippen LogP contribution in [0.1, 0.15) is 43.5 Å². The van der Waals surface area contributed by atoms with Crippen molar-refractivity contribution >= 4 is 17.5 Å². The Kier molecular flexibility index (Phi) is 4.83. The fourth-order valence-electron chi connectivity index (χ4n) is 3.03. The zero-order chi connectivity index (χ0) is 15.4. The highest BCUT2D eigenvalue weighted by atomic mass is 16.2. The topological polar surface area (TPSA) is 75.4 Å². The molecule has 21 heavy (non-hydrogen) atoms. The fraction of sp³-hybridized carbons (Fsp3) is 0.500. The number of likely N-dealkylation sites (tertiary alicyclic amines) is 1. The second kappa shape index (κ2) is 6.61. The Morgan fingerprint density at radius 2 is 1.86 bits per heavy atom. The highest BCUT2D eigenvalue weighted by Crippen LogP contribution is 2.23. The molecule has 0 saturated carbocycles. The van der Waals surface area contributed by atoms with Gasteiger partial charge in [-0.3, -0.25) is 9.59 Å². The Morgan fingerprint density at radius 3 is 2.48 bits per heavy atom. The van der Waals surface area contributed by atoms with Gasteiger partial charge in [-0.1, -0.05) is 12.1 Å². The molecular weight excluding hydrogens is 266 g/mol. The van der Waals surface area contributed by atoms with Gasteiger partial charge in [0, 0.05) is 17.8 Å². The van der Waals surface area contributed by atoms with E-state index < -0.39 is 5.91 Å². The first-order valence-electron chi connectivity index (χ1n) is 7.44. The molecule has 0 bridgehead atoms. The van der Waals surface area contributed by atoms with E-state index in [-0.39, 0.29) is 24.5 Å². The van der Waals surface area contributed by atoms with Crippen LogP contribution in [0.25, 0.3) is 0 Å². The predicted molar refractivity (Wildman–Crippen MR) is 83.1 cm³/mol. The average molecular weight is 289 g/mol. The van der Waals surface area contributed by atoms with E-state index in [0.29, 0.717) is 11.3 Å². The molecule has 2 atom stereocenters. The summed E-state index contributed by atoms with van der Waals surface area (Å²) in [7, 11) is 0. The Morgan fingerprint density at radius 1 is 1.24 bits per heavy atom. The number of anilines is 1.